The van der Waals surface area contributed by atoms with Crippen LogP contribution in [0, 0.1) is 18.3 Å². The van der Waals surface area contributed by atoms with Crippen molar-refractivity contribution in [1.82, 2.24) is 0 Å². The standard InChI is InChI=1S/C12H13NO3/c1-8-4-2-5-9(6-3-7-13)10(8)11(14)12(15)16/h2,4-5,11,14H,3,6H2,1H3,(H,15,16). The Kier molecular flexibility index (Phi) is 4.03. The molecule has 0 spiro atoms. The van der Waals surface area contributed by atoms with Crippen LogP contribution in [0.2, 0.25) is 0 Å². The fourth-order valence-corrected chi connectivity index (χ4v) is 1.66. The van der Waals surface area contributed by atoms with Gasteiger partial charge in [-0.25, -0.2) is 4.79 Å². The van der Waals surface area contributed by atoms with E-state index in [1.165, 1.54) is 0 Å². The molecule has 0 aliphatic carbocycles. The van der Waals surface area contributed by atoms with Crippen molar-refractivity contribution in [3.63, 3.8) is 0 Å². The number of rotatable bonds is 4. The zero-order valence-corrected chi connectivity index (χ0v) is 8.97. The number of aliphatic carboxylic acids is 1. The van der Waals surface area contributed by atoms with Gasteiger partial charge >= 0.3 is 5.97 Å². The maximum Gasteiger partial charge on any atom is 0.337 e. The Morgan fingerprint density at radius 1 is 1.56 bits per heavy atom. The number of nitrogens with zero attached hydrogens (tertiary/aromatic N) is 1. The van der Waals surface area contributed by atoms with Crippen LogP contribution in [-0.4, -0.2) is 16.2 Å². The number of nitriles is 1. The highest BCUT2D eigenvalue weighted by Crippen LogP contribution is 2.23. The first-order valence-corrected chi connectivity index (χ1v) is 4.94. The van der Waals surface area contributed by atoms with E-state index in [0.717, 1.165) is 11.1 Å². The number of aliphatic hydroxyl groups is 1. The Labute approximate surface area is 93.8 Å². The number of carbonyl (C=O) groups is 1. The molecule has 2 N–H and O–H groups in total. The first-order chi connectivity index (χ1) is 7.57. The molecule has 16 heavy (non-hydrogen) atoms. The highest BCUT2D eigenvalue weighted by atomic mass is 16.4. The Hall–Kier alpha value is -1.86. The van der Waals surface area contributed by atoms with Gasteiger partial charge in [-0.3, -0.25) is 0 Å². The number of carboxylic acids is 1. The van der Waals surface area contributed by atoms with Crippen LogP contribution in [0.1, 0.15) is 29.2 Å². The summed E-state index contributed by atoms with van der Waals surface area (Å²) in [6.45, 7) is 1.75. The van der Waals surface area contributed by atoms with Crippen molar-refractivity contribution in [3.8, 4) is 6.07 Å². The van der Waals surface area contributed by atoms with Gasteiger partial charge in [0.15, 0.2) is 6.10 Å². The predicted octanol–water partition coefficient (Wildman–Crippen LogP) is 1.57. The number of aryl methyl sites for hydroxylation is 2. The van der Waals surface area contributed by atoms with Crippen molar-refractivity contribution in [3.05, 3.63) is 34.9 Å². The SMILES string of the molecule is Cc1cccc(CCC#N)c1C(O)C(=O)O. The third-order valence-electron chi connectivity index (χ3n) is 2.43. The summed E-state index contributed by atoms with van der Waals surface area (Å²) in [4.78, 5) is 10.8. The third kappa shape index (κ3) is 2.59. The fraction of sp³-hybridized carbons (Fsp3) is 0.333. The Morgan fingerprint density at radius 2 is 2.25 bits per heavy atom. The number of hydrogen-bond acceptors (Lipinski definition) is 3. The molecule has 0 aliphatic heterocycles. The summed E-state index contributed by atoms with van der Waals surface area (Å²) < 4.78 is 0. The van der Waals surface area contributed by atoms with E-state index in [1.54, 1.807) is 25.1 Å². The molecule has 1 aromatic rings. The molecule has 1 rings (SSSR count). The molecule has 1 atom stereocenters. The first kappa shape index (κ1) is 12.2. The number of carboxylic acid groups (broad SMARTS) is 1. The van der Waals surface area contributed by atoms with E-state index in [0.29, 0.717) is 18.4 Å². The molecule has 4 nitrogen and oxygen atoms in total. The average molecular weight is 219 g/mol. The lowest BCUT2D eigenvalue weighted by molar-refractivity contribution is -0.147. The molecule has 4 heteroatoms. The quantitative estimate of drug-likeness (QED) is 0.805. The lowest BCUT2D eigenvalue weighted by atomic mass is 9.94. The molecule has 0 radical (unpaired) electrons. The molecule has 0 aromatic heterocycles. The zero-order valence-electron chi connectivity index (χ0n) is 8.97. The lowest BCUT2D eigenvalue weighted by Crippen LogP contribution is -2.14. The van der Waals surface area contributed by atoms with Crippen LogP contribution in [0.3, 0.4) is 0 Å². The van der Waals surface area contributed by atoms with Crippen LogP contribution < -0.4 is 0 Å². The van der Waals surface area contributed by atoms with Crippen LogP contribution in [0.4, 0.5) is 0 Å². The second kappa shape index (κ2) is 5.29. The summed E-state index contributed by atoms with van der Waals surface area (Å²) >= 11 is 0. The van der Waals surface area contributed by atoms with Crippen molar-refractivity contribution in [2.45, 2.75) is 25.9 Å². The lowest BCUT2D eigenvalue weighted by Gasteiger charge is -2.14. The number of aliphatic hydroxyl groups excluding tert-OH is 1. The van der Waals surface area contributed by atoms with Gasteiger partial charge in [0.05, 0.1) is 6.07 Å². The van der Waals surface area contributed by atoms with Crippen molar-refractivity contribution in [2.24, 2.45) is 0 Å². The largest absolute Gasteiger partial charge is 0.479 e. The van der Waals surface area contributed by atoms with Crippen molar-refractivity contribution < 1.29 is 15.0 Å². The van der Waals surface area contributed by atoms with E-state index in [-0.39, 0.29) is 0 Å². The highest BCUT2D eigenvalue weighted by Gasteiger charge is 2.20. The monoisotopic (exact) mass is 219 g/mol. The Morgan fingerprint density at radius 3 is 2.81 bits per heavy atom. The molecule has 0 saturated carbocycles. The molecule has 0 bridgehead atoms. The highest BCUT2D eigenvalue weighted by molar-refractivity contribution is 5.75. The maximum atomic E-state index is 10.8. The first-order valence-electron chi connectivity index (χ1n) is 4.94. The zero-order chi connectivity index (χ0) is 12.1. The van der Waals surface area contributed by atoms with Gasteiger partial charge in [0.25, 0.3) is 0 Å². The van der Waals surface area contributed by atoms with Gasteiger partial charge in [0.1, 0.15) is 0 Å². The maximum absolute atomic E-state index is 10.8. The van der Waals surface area contributed by atoms with Crippen LogP contribution in [-0.2, 0) is 11.2 Å². The summed E-state index contributed by atoms with van der Waals surface area (Å²) in [7, 11) is 0. The molecule has 0 fully saturated rings. The average Bonchev–Trinajstić information content (AvgIpc) is 2.25. The van der Waals surface area contributed by atoms with Gasteiger partial charge in [0.2, 0.25) is 0 Å². The minimum absolute atomic E-state index is 0.308. The molecule has 0 saturated heterocycles. The number of hydrogen-bond donors (Lipinski definition) is 2. The molecule has 84 valence electrons. The predicted molar refractivity (Wildman–Crippen MR) is 57.7 cm³/mol. The molecular formula is C12H13NO3. The summed E-state index contributed by atoms with van der Waals surface area (Å²) in [5.74, 6) is -1.27. The normalized spacial score (nSPS) is 11.8. The van der Waals surface area contributed by atoms with Gasteiger partial charge in [-0.05, 0) is 30.0 Å². The van der Waals surface area contributed by atoms with E-state index in [9.17, 15) is 9.90 Å². The van der Waals surface area contributed by atoms with Gasteiger partial charge in [-0.1, -0.05) is 18.2 Å². The number of benzene rings is 1. The molecule has 0 heterocycles. The van der Waals surface area contributed by atoms with Gasteiger partial charge < -0.3 is 10.2 Å². The van der Waals surface area contributed by atoms with Crippen LogP contribution in [0.15, 0.2) is 18.2 Å². The molecular weight excluding hydrogens is 206 g/mol. The van der Waals surface area contributed by atoms with E-state index in [1.807, 2.05) is 6.07 Å². The fourth-order valence-electron chi connectivity index (χ4n) is 1.66. The minimum atomic E-state index is -1.52. The van der Waals surface area contributed by atoms with E-state index < -0.39 is 12.1 Å². The van der Waals surface area contributed by atoms with Crippen molar-refractivity contribution in [2.75, 3.05) is 0 Å². The second-order valence-corrected chi connectivity index (χ2v) is 3.55. The topological polar surface area (TPSA) is 81.3 Å². The van der Waals surface area contributed by atoms with E-state index >= 15 is 0 Å². The molecule has 0 aliphatic rings. The summed E-state index contributed by atoms with van der Waals surface area (Å²) in [6.07, 6.45) is -0.754. The summed E-state index contributed by atoms with van der Waals surface area (Å²) in [6, 6.07) is 7.28. The van der Waals surface area contributed by atoms with Crippen molar-refractivity contribution in [1.29, 1.82) is 5.26 Å². The summed E-state index contributed by atoms with van der Waals surface area (Å²) in [5, 5.41) is 26.9. The Balaban J connectivity index is 3.13. The minimum Gasteiger partial charge on any atom is -0.479 e. The van der Waals surface area contributed by atoms with Crippen molar-refractivity contribution >= 4 is 5.97 Å². The van der Waals surface area contributed by atoms with E-state index in [4.69, 9.17) is 10.4 Å². The second-order valence-electron chi connectivity index (χ2n) is 3.55. The molecule has 1 unspecified atom stereocenters. The smallest absolute Gasteiger partial charge is 0.337 e. The van der Waals surface area contributed by atoms with Gasteiger partial charge in [-0.2, -0.15) is 5.26 Å². The van der Waals surface area contributed by atoms with E-state index in [2.05, 4.69) is 0 Å². The van der Waals surface area contributed by atoms with Gasteiger partial charge in [0, 0.05) is 6.42 Å². The van der Waals surface area contributed by atoms with Crippen LogP contribution >= 0.6 is 0 Å². The van der Waals surface area contributed by atoms with Crippen LogP contribution in [0.5, 0.6) is 0 Å². The van der Waals surface area contributed by atoms with Crippen LogP contribution in [0.25, 0.3) is 0 Å². The third-order valence-corrected chi connectivity index (χ3v) is 2.43. The Bertz CT molecular complexity index is 434. The molecule has 0 amide bonds. The molecule has 1 aromatic carbocycles. The van der Waals surface area contributed by atoms with Gasteiger partial charge in [-0.15, -0.1) is 0 Å². The summed E-state index contributed by atoms with van der Waals surface area (Å²) in [5.41, 5.74) is 1.85.